The summed E-state index contributed by atoms with van der Waals surface area (Å²) in [6, 6.07) is 0. The summed E-state index contributed by atoms with van der Waals surface area (Å²) in [5.41, 5.74) is 0. The molecule has 0 saturated heterocycles. The zero-order chi connectivity index (χ0) is 8.57. The maximum atomic E-state index is 9.21. The summed E-state index contributed by atoms with van der Waals surface area (Å²) in [5.74, 6) is -2.16. The number of halogens is 2. The predicted octanol–water partition coefficient (Wildman–Crippen LogP) is -2.12. The van der Waals surface area contributed by atoms with Crippen LogP contribution in [-0.4, -0.2) is 60.3 Å². The minimum atomic E-state index is -1.08. The van der Waals surface area contributed by atoms with Crippen molar-refractivity contribution >= 4 is 81.5 Å². The molecule has 0 heterocycles. The van der Waals surface area contributed by atoms with Gasteiger partial charge in [-0.05, 0) is 0 Å². The van der Waals surface area contributed by atoms with Crippen LogP contribution in [0.3, 0.4) is 0 Å². The summed E-state index contributed by atoms with van der Waals surface area (Å²) in [6.07, 6.45) is 0. The predicted molar refractivity (Wildman–Crippen MR) is 43.4 cm³/mol. The van der Waals surface area contributed by atoms with Gasteiger partial charge in [-0.1, -0.05) is 31.9 Å². The SMILES string of the molecule is O=C([O-])CBr.O=C([O-])CBr.[Ca+2]. The minimum Gasteiger partial charge on any atom is -0.549 e. The van der Waals surface area contributed by atoms with Crippen LogP contribution < -0.4 is 10.2 Å². The molecule has 0 aliphatic heterocycles. The first kappa shape index (κ1) is 18.0. The van der Waals surface area contributed by atoms with Gasteiger partial charge < -0.3 is 19.8 Å². The maximum absolute atomic E-state index is 9.21. The Balaban J connectivity index is -0.000000107. The Bertz CT molecular complexity index is 105. The van der Waals surface area contributed by atoms with Crippen molar-refractivity contribution in [2.24, 2.45) is 0 Å². The Kier molecular flexibility index (Phi) is 22.5. The zero-order valence-corrected chi connectivity index (χ0v) is 10.9. The molecule has 0 amide bonds. The molecule has 0 radical (unpaired) electrons. The first-order chi connectivity index (χ1) is 4.54. The molecule has 0 bridgehead atoms. The second-order valence-electron chi connectivity index (χ2n) is 1.01. The Morgan fingerprint density at radius 2 is 1.09 bits per heavy atom. The van der Waals surface area contributed by atoms with E-state index in [0.29, 0.717) is 0 Å². The number of carbonyl (C=O) groups is 2. The van der Waals surface area contributed by atoms with Crippen LogP contribution in [0.5, 0.6) is 0 Å². The standard InChI is InChI=1S/2C2H3BrO2.Ca/c2*3-1-2(4)5;/h2*1H2,(H,4,5);/q;;+2/p-2. The van der Waals surface area contributed by atoms with Gasteiger partial charge in [0.1, 0.15) is 0 Å². The molecule has 0 fully saturated rings. The van der Waals surface area contributed by atoms with Gasteiger partial charge in [-0.15, -0.1) is 0 Å². The maximum Gasteiger partial charge on any atom is 2.00 e. The summed E-state index contributed by atoms with van der Waals surface area (Å²) < 4.78 is 0. The normalized spacial score (nSPS) is 6.73. The van der Waals surface area contributed by atoms with Gasteiger partial charge in [0.2, 0.25) is 0 Å². The van der Waals surface area contributed by atoms with Crippen LogP contribution >= 0.6 is 31.9 Å². The van der Waals surface area contributed by atoms with Crippen LogP contribution in [0.15, 0.2) is 0 Å². The van der Waals surface area contributed by atoms with Crippen molar-refractivity contribution in [3.63, 3.8) is 0 Å². The minimum absolute atomic E-state index is 0. The summed E-state index contributed by atoms with van der Waals surface area (Å²) in [5, 5.41) is 18.3. The van der Waals surface area contributed by atoms with E-state index in [1.165, 1.54) is 0 Å². The van der Waals surface area contributed by atoms with Crippen molar-refractivity contribution in [3.05, 3.63) is 0 Å². The third kappa shape index (κ3) is 35.2. The topological polar surface area (TPSA) is 80.3 Å². The number of carbonyl (C=O) groups excluding carboxylic acids is 2. The zero-order valence-electron chi connectivity index (χ0n) is 5.51. The molecule has 0 rings (SSSR count). The van der Waals surface area contributed by atoms with Gasteiger partial charge in [-0.2, -0.15) is 0 Å². The molecular formula is C4H4Br2CaO4. The Hall–Kier alpha value is 1.16. The first-order valence-electron chi connectivity index (χ1n) is 2.06. The monoisotopic (exact) mass is 314 g/mol. The van der Waals surface area contributed by atoms with E-state index < -0.39 is 11.9 Å². The number of hydrogen-bond acceptors (Lipinski definition) is 4. The van der Waals surface area contributed by atoms with Crippen LogP contribution in [0.2, 0.25) is 0 Å². The van der Waals surface area contributed by atoms with Crippen LogP contribution in [0.1, 0.15) is 0 Å². The van der Waals surface area contributed by atoms with E-state index in [9.17, 15) is 19.8 Å². The van der Waals surface area contributed by atoms with Gasteiger partial charge in [0, 0.05) is 10.7 Å². The van der Waals surface area contributed by atoms with Crippen molar-refractivity contribution in [2.75, 3.05) is 10.7 Å². The quantitative estimate of drug-likeness (QED) is 0.431. The van der Waals surface area contributed by atoms with E-state index in [4.69, 9.17) is 0 Å². The molecule has 4 nitrogen and oxygen atoms in total. The molecule has 0 aliphatic carbocycles. The van der Waals surface area contributed by atoms with Crippen molar-refractivity contribution < 1.29 is 19.8 Å². The van der Waals surface area contributed by atoms with E-state index in [1.54, 1.807) is 0 Å². The average Bonchev–Trinajstić information content (AvgIpc) is 1.89. The van der Waals surface area contributed by atoms with Crippen molar-refractivity contribution in [3.8, 4) is 0 Å². The van der Waals surface area contributed by atoms with E-state index >= 15 is 0 Å². The van der Waals surface area contributed by atoms with Crippen molar-refractivity contribution in [1.29, 1.82) is 0 Å². The van der Waals surface area contributed by atoms with Gasteiger partial charge in [0.05, 0.1) is 11.9 Å². The summed E-state index contributed by atoms with van der Waals surface area (Å²) in [4.78, 5) is 18.4. The molecule has 0 atom stereocenters. The number of carboxylic acid groups (broad SMARTS) is 2. The number of rotatable bonds is 2. The molecule has 0 aromatic rings. The van der Waals surface area contributed by atoms with Gasteiger partial charge in [-0.25, -0.2) is 0 Å². The number of aliphatic carboxylic acids is 2. The van der Waals surface area contributed by atoms with Crippen LogP contribution in [-0.2, 0) is 9.59 Å². The Morgan fingerprint density at radius 3 is 1.09 bits per heavy atom. The molecule has 60 valence electrons. The van der Waals surface area contributed by atoms with Crippen LogP contribution in [0, 0.1) is 0 Å². The van der Waals surface area contributed by atoms with Gasteiger partial charge in [0.15, 0.2) is 0 Å². The molecule has 0 saturated carbocycles. The van der Waals surface area contributed by atoms with Gasteiger partial charge in [0.25, 0.3) is 0 Å². The van der Waals surface area contributed by atoms with Crippen LogP contribution in [0.25, 0.3) is 0 Å². The number of hydrogen-bond donors (Lipinski definition) is 0. The molecule has 0 spiro atoms. The second kappa shape index (κ2) is 13.7. The largest absolute Gasteiger partial charge is 2.00 e. The Labute approximate surface area is 111 Å². The average molecular weight is 316 g/mol. The number of alkyl halides is 2. The van der Waals surface area contributed by atoms with E-state index in [2.05, 4.69) is 31.9 Å². The number of carboxylic acids is 2. The molecule has 11 heavy (non-hydrogen) atoms. The Morgan fingerprint density at radius 1 is 1.00 bits per heavy atom. The smallest absolute Gasteiger partial charge is 0.549 e. The third-order valence-corrected chi connectivity index (χ3v) is 1.13. The molecule has 0 N–H and O–H groups in total. The van der Waals surface area contributed by atoms with Gasteiger partial charge in [-0.3, -0.25) is 0 Å². The fraction of sp³-hybridized carbons (Fsp3) is 0.500. The summed E-state index contributed by atoms with van der Waals surface area (Å²) in [7, 11) is 0. The van der Waals surface area contributed by atoms with E-state index in [0.717, 1.165) is 0 Å². The second-order valence-corrected chi connectivity index (χ2v) is 2.13. The molecule has 0 unspecified atom stereocenters. The summed E-state index contributed by atoms with van der Waals surface area (Å²) in [6.45, 7) is 0. The van der Waals surface area contributed by atoms with Crippen LogP contribution in [0.4, 0.5) is 0 Å². The molecule has 0 aliphatic rings. The molecular weight excluding hydrogens is 312 g/mol. The van der Waals surface area contributed by atoms with Crippen molar-refractivity contribution in [2.45, 2.75) is 0 Å². The molecule has 7 heteroatoms. The van der Waals surface area contributed by atoms with E-state index in [1.807, 2.05) is 0 Å². The van der Waals surface area contributed by atoms with Gasteiger partial charge >= 0.3 is 37.7 Å². The molecule has 0 aromatic heterocycles. The fourth-order valence-electron chi connectivity index (χ4n) is 0. The van der Waals surface area contributed by atoms with E-state index in [-0.39, 0.29) is 48.4 Å². The first-order valence-corrected chi connectivity index (χ1v) is 4.30. The summed E-state index contributed by atoms with van der Waals surface area (Å²) >= 11 is 5.30. The fourth-order valence-corrected chi connectivity index (χ4v) is 0. The third-order valence-electron chi connectivity index (χ3n) is 0.218. The van der Waals surface area contributed by atoms with Crippen molar-refractivity contribution in [1.82, 2.24) is 0 Å². The molecule has 0 aromatic carbocycles.